The summed E-state index contributed by atoms with van der Waals surface area (Å²) >= 11 is 1.82. The first-order chi connectivity index (χ1) is 23.7. The third-order valence-electron chi connectivity index (χ3n) is 9.94. The van der Waals surface area contributed by atoms with Crippen molar-refractivity contribution in [1.29, 1.82) is 0 Å². The molecule has 0 aliphatic heterocycles. The van der Waals surface area contributed by atoms with E-state index in [9.17, 15) is 0 Å². The summed E-state index contributed by atoms with van der Waals surface area (Å²) in [7, 11) is 0. The molecule has 0 unspecified atom stereocenters. The van der Waals surface area contributed by atoms with E-state index in [1.165, 1.54) is 92.9 Å². The van der Waals surface area contributed by atoms with Crippen molar-refractivity contribution < 1.29 is 0 Å². The molecule has 226 valence electrons. The van der Waals surface area contributed by atoms with Gasteiger partial charge in [0.2, 0.25) is 0 Å². The fraction of sp³-hybridized carbons (Fsp3) is 0.0222. The van der Waals surface area contributed by atoms with Crippen molar-refractivity contribution in [3.63, 3.8) is 0 Å². The summed E-state index contributed by atoms with van der Waals surface area (Å²) in [6.07, 6.45) is 0. The first-order valence-corrected chi connectivity index (χ1v) is 17.3. The lowest BCUT2D eigenvalue weighted by Gasteiger charge is -2.13. The van der Waals surface area contributed by atoms with Crippen molar-refractivity contribution in [2.75, 3.05) is 0 Å². The molecule has 0 fully saturated rings. The van der Waals surface area contributed by atoms with Gasteiger partial charge in [0, 0.05) is 48.6 Å². The molecule has 2 nitrogen and oxygen atoms in total. The predicted molar refractivity (Wildman–Crippen MR) is 206 cm³/mol. The van der Waals surface area contributed by atoms with Gasteiger partial charge in [-0.2, -0.15) is 0 Å². The van der Waals surface area contributed by atoms with Gasteiger partial charge < -0.3 is 9.13 Å². The van der Waals surface area contributed by atoms with Crippen LogP contribution < -0.4 is 0 Å². The minimum absolute atomic E-state index is 1.18. The Kier molecular flexibility index (Phi) is 5.99. The lowest BCUT2D eigenvalue weighted by molar-refractivity contribution is 1.18. The van der Waals surface area contributed by atoms with Crippen LogP contribution in [0.4, 0.5) is 0 Å². The highest BCUT2D eigenvalue weighted by atomic mass is 32.1. The van der Waals surface area contributed by atoms with Crippen LogP contribution in [-0.2, 0) is 0 Å². The van der Waals surface area contributed by atoms with Crippen LogP contribution >= 0.6 is 11.3 Å². The fourth-order valence-electron chi connectivity index (χ4n) is 7.66. The summed E-state index contributed by atoms with van der Waals surface area (Å²) in [5.41, 5.74) is 13.6. The van der Waals surface area contributed by atoms with E-state index in [0.29, 0.717) is 0 Å². The summed E-state index contributed by atoms with van der Waals surface area (Å²) in [6, 6.07) is 57.8. The highest BCUT2D eigenvalue weighted by Gasteiger charge is 2.17. The number of thiophene rings is 1. The Labute approximate surface area is 282 Å². The Morgan fingerprint density at radius 3 is 1.60 bits per heavy atom. The van der Waals surface area contributed by atoms with Gasteiger partial charge in [-0.05, 0) is 101 Å². The highest BCUT2D eigenvalue weighted by Crippen LogP contribution is 2.40. The Morgan fingerprint density at radius 1 is 0.396 bits per heavy atom. The molecule has 7 aromatic carbocycles. The molecular formula is C45H30N2S. The van der Waals surface area contributed by atoms with Gasteiger partial charge in [0.15, 0.2) is 0 Å². The zero-order valence-electron chi connectivity index (χ0n) is 26.4. The van der Waals surface area contributed by atoms with Gasteiger partial charge in [0.05, 0.1) is 22.1 Å². The van der Waals surface area contributed by atoms with Gasteiger partial charge in [-0.3, -0.25) is 0 Å². The molecule has 10 rings (SSSR count). The van der Waals surface area contributed by atoms with Crippen LogP contribution in [0.25, 0.3) is 87.3 Å². The maximum atomic E-state index is 2.43. The summed E-state index contributed by atoms with van der Waals surface area (Å²) in [5, 5.41) is 8.69. The molecule has 0 atom stereocenters. The summed E-state index contributed by atoms with van der Waals surface area (Å²) in [6.45, 7) is 2.22. The smallest absolute Gasteiger partial charge is 0.0541 e. The van der Waals surface area contributed by atoms with E-state index in [4.69, 9.17) is 0 Å². The quantitative estimate of drug-likeness (QED) is 0.183. The monoisotopic (exact) mass is 630 g/mol. The highest BCUT2D eigenvalue weighted by molar-refractivity contribution is 7.17. The van der Waals surface area contributed by atoms with Gasteiger partial charge in [0.25, 0.3) is 0 Å². The molecule has 0 N–H and O–H groups in total. The zero-order valence-corrected chi connectivity index (χ0v) is 27.2. The Balaban J connectivity index is 1.15. The van der Waals surface area contributed by atoms with Gasteiger partial charge in [0.1, 0.15) is 0 Å². The molecule has 0 radical (unpaired) electrons. The molecule has 3 heterocycles. The molecule has 10 aromatic rings. The third kappa shape index (κ3) is 4.05. The average Bonchev–Trinajstić information content (AvgIpc) is 3.82. The second kappa shape index (κ2) is 10.6. The first kappa shape index (κ1) is 27.2. The molecule has 3 heteroatoms. The first-order valence-electron chi connectivity index (χ1n) is 16.4. The number of aryl methyl sites for hydroxylation is 1. The maximum absolute atomic E-state index is 2.43. The molecule has 0 saturated carbocycles. The molecule has 3 aromatic heterocycles. The van der Waals surface area contributed by atoms with Crippen LogP contribution in [0.3, 0.4) is 0 Å². The number of aromatic nitrogens is 2. The van der Waals surface area contributed by atoms with Crippen molar-refractivity contribution >= 4 is 65.0 Å². The second-order valence-corrected chi connectivity index (χ2v) is 13.6. The number of fused-ring (bicyclic) bond motifs is 7. The van der Waals surface area contributed by atoms with Crippen LogP contribution in [0.1, 0.15) is 5.56 Å². The Morgan fingerprint density at radius 2 is 0.938 bits per heavy atom. The molecule has 48 heavy (non-hydrogen) atoms. The zero-order chi connectivity index (χ0) is 31.8. The molecular weight excluding hydrogens is 601 g/mol. The van der Waals surface area contributed by atoms with Crippen molar-refractivity contribution in [3.05, 3.63) is 169 Å². The third-order valence-corrected chi connectivity index (χ3v) is 10.9. The van der Waals surface area contributed by atoms with Crippen molar-refractivity contribution in [2.45, 2.75) is 6.92 Å². The number of hydrogen-bond acceptors (Lipinski definition) is 1. The SMILES string of the molecule is Cc1ccc(-n2c3ccccc3c3cc(-c4ccc5c(c4)c4ccccc4n5-c4ccccc4)ccc32)cc1-c1csc2ccccc12. The molecule has 0 saturated heterocycles. The second-order valence-electron chi connectivity index (χ2n) is 12.6. The molecule has 0 amide bonds. The van der Waals surface area contributed by atoms with E-state index in [0.717, 1.165) is 0 Å². The number of nitrogens with zero attached hydrogens (tertiary/aromatic N) is 2. The lowest BCUT2D eigenvalue weighted by Crippen LogP contribution is -1.95. The minimum Gasteiger partial charge on any atom is -0.309 e. The van der Waals surface area contributed by atoms with Gasteiger partial charge >= 0.3 is 0 Å². The Bertz CT molecular complexity index is 2850. The largest absolute Gasteiger partial charge is 0.309 e. The number of rotatable bonds is 4. The predicted octanol–water partition coefficient (Wildman–Crippen LogP) is 12.7. The summed E-state index contributed by atoms with van der Waals surface area (Å²) < 4.78 is 6.13. The van der Waals surface area contributed by atoms with Crippen molar-refractivity contribution in [1.82, 2.24) is 9.13 Å². The van der Waals surface area contributed by atoms with Crippen LogP contribution in [0.5, 0.6) is 0 Å². The van der Waals surface area contributed by atoms with Crippen LogP contribution in [0.15, 0.2) is 163 Å². The summed E-state index contributed by atoms with van der Waals surface area (Å²) in [4.78, 5) is 0. The van der Waals surface area contributed by atoms with E-state index in [-0.39, 0.29) is 0 Å². The molecule has 0 bridgehead atoms. The average molecular weight is 631 g/mol. The number of para-hydroxylation sites is 3. The number of hydrogen-bond donors (Lipinski definition) is 0. The van der Waals surface area contributed by atoms with Crippen LogP contribution in [0.2, 0.25) is 0 Å². The molecule has 0 aliphatic carbocycles. The van der Waals surface area contributed by atoms with E-state index in [1.54, 1.807) is 0 Å². The van der Waals surface area contributed by atoms with Crippen LogP contribution in [-0.4, -0.2) is 9.13 Å². The molecule has 0 spiro atoms. The normalized spacial score (nSPS) is 11.9. The van der Waals surface area contributed by atoms with Gasteiger partial charge in [-0.15, -0.1) is 11.3 Å². The standard InChI is InChI=1S/C45H30N2S/c1-29-19-22-33(27-37(29)40-28-48-45-18-10-7-15-36(40)45)47-42-17-9-6-14-35(42)39-26-31(21-24-44(39)47)30-20-23-43-38(25-30)34-13-5-8-16-41(34)46(43)32-11-3-2-4-12-32/h2-28H,1H3. The van der Waals surface area contributed by atoms with E-state index in [2.05, 4.69) is 179 Å². The van der Waals surface area contributed by atoms with E-state index >= 15 is 0 Å². The maximum Gasteiger partial charge on any atom is 0.0541 e. The topological polar surface area (TPSA) is 9.86 Å². The molecule has 0 aliphatic rings. The van der Waals surface area contributed by atoms with Crippen molar-refractivity contribution in [3.8, 4) is 33.6 Å². The van der Waals surface area contributed by atoms with Crippen LogP contribution in [0, 0.1) is 6.92 Å². The number of benzene rings is 7. The van der Waals surface area contributed by atoms with E-state index < -0.39 is 0 Å². The lowest BCUT2D eigenvalue weighted by atomic mass is 9.99. The fourth-order valence-corrected chi connectivity index (χ4v) is 8.62. The Hall–Kier alpha value is -5.90. The van der Waals surface area contributed by atoms with Crippen molar-refractivity contribution in [2.24, 2.45) is 0 Å². The van der Waals surface area contributed by atoms with E-state index in [1.807, 2.05) is 11.3 Å². The van der Waals surface area contributed by atoms with Gasteiger partial charge in [-0.25, -0.2) is 0 Å². The minimum atomic E-state index is 1.18. The van der Waals surface area contributed by atoms with Gasteiger partial charge in [-0.1, -0.05) is 91.0 Å². The summed E-state index contributed by atoms with van der Waals surface area (Å²) in [5.74, 6) is 0.